The first kappa shape index (κ1) is 17.9. The highest BCUT2D eigenvalue weighted by Gasteiger charge is 2.20. The van der Waals surface area contributed by atoms with E-state index in [4.69, 9.17) is 0 Å². The monoisotopic (exact) mass is 394 g/mol. The average Bonchev–Trinajstić information content (AvgIpc) is 3.27. The number of thioether (sulfide) groups is 1. The van der Waals surface area contributed by atoms with Crippen molar-refractivity contribution in [2.45, 2.75) is 16.8 Å². The molecule has 0 saturated carbocycles. The molecule has 0 saturated heterocycles. The van der Waals surface area contributed by atoms with Crippen molar-refractivity contribution in [3.63, 3.8) is 0 Å². The van der Waals surface area contributed by atoms with E-state index in [-0.39, 0.29) is 6.04 Å². The molecular weight excluding hydrogens is 374 g/mol. The standard InChI is InChI=1S/C20H19N5S2/c21-17(14-16-10-5-2-6-11-16)18-22-23-19-25(18)24-20(27-19)26-13-7-12-15-8-3-1-4-9-15/h1-12,17H,13-14,21H2/p+1/b12-7+/t17-/m0/s1. The van der Waals surface area contributed by atoms with Gasteiger partial charge in [-0.05, 0) is 11.1 Å². The van der Waals surface area contributed by atoms with Gasteiger partial charge in [0.05, 0.1) is 0 Å². The average molecular weight is 395 g/mol. The minimum Gasteiger partial charge on any atom is -0.348 e. The highest BCUT2D eigenvalue weighted by atomic mass is 32.2. The molecule has 2 aromatic carbocycles. The Morgan fingerprint density at radius 1 is 1.04 bits per heavy atom. The third-order valence-corrected chi connectivity index (χ3v) is 6.08. The van der Waals surface area contributed by atoms with Crippen LogP contribution in [0.4, 0.5) is 0 Å². The quantitative estimate of drug-likeness (QED) is 0.487. The van der Waals surface area contributed by atoms with Crippen molar-refractivity contribution < 1.29 is 5.73 Å². The lowest BCUT2D eigenvalue weighted by Gasteiger charge is -2.05. The van der Waals surface area contributed by atoms with Crippen LogP contribution in [0.5, 0.6) is 0 Å². The number of hydrogen-bond donors (Lipinski definition) is 1. The number of benzene rings is 2. The second-order valence-corrected chi connectivity index (χ2v) is 8.35. The molecular formula is C20H20N5S2+. The Hall–Kier alpha value is -2.48. The molecule has 136 valence electrons. The lowest BCUT2D eigenvalue weighted by molar-refractivity contribution is -0.428. The van der Waals surface area contributed by atoms with E-state index >= 15 is 0 Å². The lowest BCUT2D eigenvalue weighted by Crippen LogP contribution is -2.55. The van der Waals surface area contributed by atoms with Crippen LogP contribution >= 0.6 is 23.1 Å². The number of quaternary nitrogens is 1. The van der Waals surface area contributed by atoms with Crippen molar-refractivity contribution in [1.29, 1.82) is 0 Å². The molecule has 27 heavy (non-hydrogen) atoms. The zero-order chi connectivity index (χ0) is 18.5. The Morgan fingerprint density at radius 2 is 1.78 bits per heavy atom. The van der Waals surface area contributed by atoms with Crippen LogP contribution < -0.4 is 5.73 Å². The highest BCUT2D eigenvalue weighted by molar-refractivity contribution is 8.01. The molecule has 0 aliphatic rings. The Balaban J connectivity index is 1.41. The lowest BCUT2D eigenvalue weighted by atomic mass is 10.1. The molecule has 1 atom stereocenters. The maximum atomic E-state index is 4.68. The fraction of sp³-hybridized carbons (Fsp3) is 0.150. The normalized spacial score (nSPS) is 12.8. The molecule has 0 unspecified atom stereocenters. The van der Waals surface area contributed by atoms with Gasteiger partial charge in [0, 0.05) is 12.2 Å². The third kappa shape index (κ3) is 4.44. The molecule has 2 heterocycles. The smallest absolute Gasteiger partial charge is 0.235 e. The predicted octanol–water partition coefficient (Wildman–Crippen LogP) is 3.52. The molecule has 0 bridgehead atoms. The molecule has 0 radical (unpaired) electrons. The Kier molecular flexibility index (Phi) is 5.62. The van der Waals surface area contributed by atoms with Crippen LogP contribution in [0.1, 0.15) is 23.0 Å². The van der Waals surface area contributed by atoms with Gasteiger partial charge in [-0.25, -0.2) is 0 Å². The fourth-order valence-electron chi connectivity index (χ4n) is 2.79. The highest BCUT2D eigenvalue weighted by Crippen LogP contribution is 2.26. The zero-order valence-electron chi connectivity index (χ0n) is 14.7. The minimum atomic E-state index is 0.0142. The number of aromatic nitrogens is 4. The molecule has 0 fully saturated rings. The molecule has 0 aliphatic heterocycles. The van der Waals surface area contributed by atoms with Gasteiger partial charge in [0.1, 0.15) is 0 Å². The number of hydrogen-bond acceptors (Lipinski definition) is 5. The summed E-state index contributed by atoms with van der Waals surface area (Å²) in [7, 11) is 0. The Labute approximate surface area is 165 Å². The number of fused-ring (bicyclic) bond motifs is 1. The van der Waals surface area contributed by atoms with Crippen molar-refractivity contribution in [3.05, 3.63) is 83.7 Å². The van der Waals surface area contributed by atoms with Gasteiger partial charge in [0.2, 0.25) is 10.8 Å². The summed E-state index contributed by atoms with van der Waals surface area (Å²) in [6, 6.07) is 20.6. The van der Waals surface area contributed by atoms with E-state index in [0.717, 1.165) is 27.3 Å². The summed E-state index contributed by atoms with van der Waals surface area (Å²) in [5, 5.41) is 13.3. The SMILES string of the molecule is [NH3+][C@@H](Cc1ccccc1)c1nnc2sc(SC/C=C/c3ccccc3)nn12. The molecule has 4 aromatic rings. The van der Waals surface area contributed by atoms with E-state index in [1.807, 2.05) is 40.9 Å². The van der Waals surface area contributed by atoms with E-state index < -0.39 is 0 Å². The van der Waals surface area contributed by atoms with Gasteiger partial charge in [-0.3, -0.25) is 0 Å². The summed E-state index contributed by atoms with van der Waals surface area (Å²) < 4.78 is 2.83. The summed E-state index contributed by atoms with van der Waals surface area (Å²) in [4.78, 5) is 0.821. The maximum Gasteiger partial charge on any atom is 0.235 e. The Morgan fingerprint density at radius 3 is 2.56 bits per heavy atom. The third-order valence-electron chi connectivity index (χ3n) is 4.10. The number of nitrogens with zero attached hydrogens (tertiary/aromatic N) is 4. The van der Waals surface area contributed by atoms with Gasteiger partial charge in [-0.2, -0.15) is 4.52 Å². The zero-order valence-corrected chi connectivity index (χ0v) is 16.4. The van der Waals surface area contributed by atoms with Gasteiger partial charge in [0.15, 0.2) is 10.4 Å². The van der Waals surface area contributed by atoms with E-state index in [9.17, 15) is 0 Å². The van der Waals surface area contributed by atoms with Gasteiger partial charge in [-0.15, -0.1) is 15.3 Å². The Bertz CT molecular complexity index is 1020. The van der Waals surface area contributed by atoms with E-state index in [2.05, 4.69) is 57.4 Å². The van der Waals surface area contributed by atoms with Crippen LogP contribution in [0, 0.1) is 0 Å². The summed E-state index contributed by atoms with van der Waals surface area (Å²) in [5.41, 5.74) is 6.72. The van der Waals surface area contributed by atoms with E-state index in [1.165, 1.54) is 11.1 Å². The van der Waals surface area contributed by atoms with Crippen LogP contribution in [0.25, 0.3) is 11.0 Å². The van der Waals surface area contributed by atoms with Crippen molar-refractivity contribution in [1.82, 2.24) is 19.8 Å². The van der Waals surface area contributed by atoms with Crippen molar-refractivity contribution in [3.8, 4) is 0 Å². The molecule has 2 aromatic heterocycles. The summed E-state index contributed by atoms with van der Waals surface area (Å²) in [6.45, 7) is 0. The largest absolute Gasteiger partial charge is 0.348 e. The fourth-order valence-corrected chi connectivity index (χ4v) is 4.50. The van der Waals surface area contributed by atoms with Crippen LogP contribution in [-0.4, -0.2) is 25.6 Å². The predicted molar refractivity (Wildman–Crippen MR) is 111 cm³/mol. The second kappa shape index (κ2) is 8.47. The van der Waals surface area contributed by atoms with Crippen molar-refractivity contribution >= 4 is 34.1 Å². The van der Waals surface area contributed by atoms with E-state index in [1.54, 1.807) is 23.1 Å². The molecule has 0 aliphatic carbocycles. The van der Waals surface area contributed by atoms with Crippen LogP contribution in [0.3, 0.4) is 0 Å². The second-order valence-electron chi connectivity index (χ2n) is 6.13. The molecule has 0 amide bonds. The first-order chi connectivity index (χ1) is 13.3. The molecule has 4 rings (SSSR count). The maximum absolute atomic E-state index is 4.68. The molecule has 3 N–H and O–H groups in total. The van der Waals surface area contributed by atoms with Crippen molar-refractivity contribution in [2.75, 3.05) is 5.75 Å². The van der Waals surface area contributed by atoms with Crippen LogP contribution in [-0.2, 0) is 6.42 Å². The van der Waals surface area contributed by atoms with Gasteiger partial charge < -0.3 is 5.73 Å². The van der Waals surface area contributed by atoms with Crippen LogP contribution in [0.15, 0.2) is 71.1 Å². The topological polar surface area (TPSA) is 70.7 Å². The first-order valence-corrected chi connectivity index (χ1v) is 10.5. The van der Waals surface area contributed by atoms with Gasteiger partial charge in [-0.1, -0.05) is 95.9 Å². The summed E-state index contributed by atoms with van der Waals surface area (Å²) >= 11 is 3.27. The molecule has 0 spiro atoms. The first-order valence-electron chi connectivity index (χ1n) is 8.73. The van der Waals surface area contributed by atoms with Crippen molar-refractivity contribution in [2.24, 2.45) is 0 Å². The summed E-state index contributed by atoms with van der Waals surface area (Å²) in [6.07, 6.45) is 5.11. The number of rotatable bonds is 7. The summed E-state index contributed by atoms with van der Waals surface area (Å²) in [5.74, 6) is 1.68. The molecule has 5 nitrogen and oxygen atoms in total. The minimum absolute atomic E-state index is 0.0142. The molecule has 7 heteroatoms. The van der Waals surface area contributed by atoms with Gasteiger partial charge in [0.25, 0.3) is 0 Å². The van der Waals surface area contributed by atoms with E-state index in [0.29, 0.717) is 0 Å². The van der Waals surface area contributed by atoms with Crippen LogP contribution in [0.2, 0.25) is 0 Å². The van der Waals surface area contributed by atoms with Gasteiger partial charge >= 0.3 is 0 Å².